The smallest absolute Gasteiger partial charge is 0.259 e. The third kappa shape index (κ3) is 3.12. The van der Waals surface area contributed by atoms with Gasteiger partial charge in [-0.05, 0) is 53.2 Å². The predicted octanol–water partition coefficient (Wildman–Crippen LogP) is 3.85. The Hall–Kier alpha value is -1.88. The molecule has 3 nitrogen and oxygen atoms in total. The highest BCUT2D eigenvalue weighted by molar-refractivity contribution is 9.10. The zero-order valence-corrected chi connectivity index (χ0v) is 11.7. The molecule has 0 atom stereocenters. The number of phenolic OH excluding ortho intramolecular Hbond substituents is 1. The molecule has 2 N–H and O–H groups in total. The van der Waals surface area contributed by atoms with Crippen molar-refractivity contribution in [2.45, 2.75) is 6.92 Å². The Morgan fingerprint density at radius 3 is 2.74 bits per heavy atom. The average Bonchev–Trinajstić information content (AvgIpc) is 2.36. The largest absolute Gasteiger partial charge is 0.507 e. The van der Waals surface area contributed by atoms with Gasteiger partial charge in [0.05, 0.1) is 11.3 Å². The lowest BCUT2D eigenvalue weighted by atomic mass is 10.1. The quantitative estimate of drug-likeness (QED) is 0.881. The van der Waals surface area contributed by atoms with Gasteiger partial charge in [0.25, 0.3) is 5.91 Å². The van der Waals surface area contributed by atoms with E-state index in [1.807, 2.05) is 6.92 Å². The number of aromatic hydroxyl groups is 1. The summed E-state index contributed by atoms with van der Waals surface area (Å²) in [5.41, 5.74) is 1.31. The first-order valence-corrected chi connectivity index (χ1v) is 6.32. The molecule has 0 radical (unpaired) electrons. The van der Waals surface area contributed by atoms with E-state index in [9.17, 15) is 14.3 Å². The van der Waals surface area contributed by atoms with E-state index in [0.717, 1.165) is 5.56 Å². The molecule has 0 bridgehead atoms. The summed E-state index contributed by atoms with van der Waals surface area (Å²) in [6, 6.07) is 8.70. The molecule has 0 aliphatic rings. The molecular weight excluding hydrogens is 313 g/mol. The van der Waals surface area contributed by atoms with Crippen LogP contribution in [0.1, 0.15) is 15.9 Å². The van der Waals surface area contributed by atoms with Crippen molar-refractivity contribution in [1.82, 2.24) is 0 Å². The summed E-state index contributed by atoms with van der Waals surface area (Å²) >= 11 is 3.22. The van der Waals surface area contributed by atoms with E-state index in [0.29, 0.717) is 10.2 Å². The Balaban J connectivity index is 2.30. The van der Waals surface area contributed by atoms with Crippen LogP contribution in [0, 0.1) is 12.7 Å². The number of rotatable bonds is 2. The number of amides is 1. The number of nitrogens with one attached hydrogen (secondary N) is 1. The van der Waals surface area contributed by atoms with Crippen LogP contribution >= 0.6 is 15.9 Å². The minimum absolute atomic E-state index is 0.115. The molecule has 0 aliphatic heterocycles. The number of carbonyl (C=O) groups is 1. The molecular formula is C14H11BrFNO2. The summed E-state index contributed by atoms with van der Waals surface area (Å²) in [5.74, 6) is -1.06. The number of halogens is 2. The van der Waals surface area contributed by atoms with Gasteiger partial charge in [-0.3, -0.25) is 4.79 Å². The summed E-state index contributed by atoms with van der Waals surface area (Å²) in [7, 11) is 0. The van der Waals surface area contributed by atoms with E-state index in [-0.39, 0.29) is 11.3 Å². The van der Waals surface area contributed by atoms with Gasteiger partial charge in [-0.1, -0.05) is 11.6 Å². The van der Waals surface area contributed by atoms with Crippen LogP contribution in [-0.2, 0) is 0 Å². The van der Waals surface area contributed by atoms with Crippen molar-refractivity contribution in [3.05, 3.63) is 57.8 Å². The van der Waals surface area contributed by atoms with E-state index in [2.05, 4.69) is 21.2 Å². The highest BCUT2D eigenvalue weighted by Gasteiger charge is 2.13. The topological polar surface area (TPSA) is 49.3 Å². The molecule has 2 aromatic rings. The maximum Gasteiger partial charge on any atom is 0.259 e. The Bertz CT molecular complexity index is 643. The zero-order valence-electron chi connectivity index (χ0n) is 10.1. The Morgan fingerprint density at radius 1 is 1.26 bits per heavy atom. The molecule has 0 saturated heterocycles. The fraction of sp³-hybridized carbons (Fsp3) is 0.0714. The molecule has 1 amide bonds. The Labute approximate surface area is 118 Å². The Kier molecular flexibility index (Phi) is 3.85. The van der Waals surface area contributed by atoms with Crippen LogP contribution in [0.25, 0.3) is 0 Å². The van der Waals surface area contributed by atoms with Gasteiger partial charge in [0.15, 0.2) is 0 Å². The highest BCUT2D eigenvalue weighted by atomic mass is 79.9. The van der Waals surface area contributed by atoms with Crippen molar-refractivity contribution in [3.63, 3.8) is 0 Å². The lowest BCUT2D eigenvalue weighted by Crippen LogP contribution is -2.12. The maximum absolute atomic E-state index is 13.1. The van der Waals surface area contributed by atoms with Gasteiger partial charge in [0, 0.05) is 4.47 Å². The molecule has 0 unspecified atom stereocenters. The van der Waals surface area contributed by atoms with E-state index in [4.69, 9.17) is 0 Å². The summed E-state index contributed by atoms with van der Waals surface area (Å²) in [5, 5.41) is 12.2. The van der Waals surface area contributed by atoms with Crippen LogP contribution in [0.15, 0.2) is 40.9 Å². The number of hydrogen-bond acceptors (Lipinski definition) is 2. The molecule has 0 spiro atoms. The van der Waals surface area contributed by atoms with Crippen molar-refractivity contribution in [1.29, 1.82) is 0 Å². The van der Waals surface area contributed by atoms with Crippen molar-refractivity contribution in [2.75, 3.05) is 5.32 Å². The number of hydrogen-bond donors (Lipinski definition) is 2. The van der Waals surface area contributed by atoms with Crippen LogP contribution in [0.3, 0.4) is 0 Å². The van der Waals surface area contributed by atoms with Crippen LogP contribution in [0.2, 0.25) is 0 Å². The molecule has 0 heterocycles. The van der Waals surface area contributed by atoms with Crippen LogP contribution in [0.4, 0.5) is 10.1 Å². The second kappa shape index (κ2) is 5.40. The van der Waals surface area contributed by atoms with E-state index < -0.39 is 11.7 Å². The lowest BCUT2D eigenvalue weighted by molar-refractivity contribution is 0.102. The molecule has 2 aromatic carbocycles. The highest BCUT2D eigenvalue weighted by Crippen LogP contribution is 2.25. The zero-order chi connectivity index (χ0) is 14.0. The first kappa shape index (κ1) is 13.5. The normalized spacial score (nSPS) is 10.3. The third-order valence-electron chi connectivity index (χ3n) is 2.57. The van der Waals surface area contributed by atoms with Gasteiger partial charge in [-0.25, -0.2) is 4.39 Å². The second-order valence-electron chi connectivity index (χ2n) is 4.10. The maximum atomic E-state index is 13.1. The van der Waals surface area contributed by atoms with Crippen molar-refractivity contribution < 1.29 is 14.3 Å². The molecule has 0 aliphatic carbocycles. The fourth-order valence-corrected chi connectivity index (χ4v) is 1.96. The molecule has 2 rings (SSSR count). The van der Waals surface area contributed by atoms with Crippen molar-refractivity contribution >= 4 is 27.5 Å². The standard InChI is InChI=1S/C14H11BrFNO2/c1-8-2-5-13(18)10(6-8)14(19)17-12-7-9(16)3-4-11(12)15/h2-7,18H,1H3,(H,17,19). The first-order chi connectivity index (χ1) is 8.97. The van der Waals surface area contributed by atoms with E-state index >= 15 is 0 Å². The summed E-state index contributed by atoms with van der Waals surface area (Å²) in [4.78, 5) is 12.0. The average molecular weight is 324 g/mol. The van der Waals surface area contributed by atoms with Gasteiger partial charge < -0.3 is 10.4 Å². The second-order valence-corrected chi connectivity index (χ2v) is 4.95. The van der Waals surface area contributed by atoms with Gasteiger partial charge in [-0.2, -0.15) is 0 Å². The number of aryl methyl sites for hydroxylation is 1. The molecule has 0 aromatic heterocycles. The summed E-state index contributed by atoms with van der Waals surface area (Å²) < 4.78 is 13.7. The first-order valence-electron chi connectivity index (χ1n) is 5.53. The SMILES string of the molecule is Cc1ccc(O)c(C(=O)Nc2cc(F)ccc2Br)c1. The molecule has 0 fully saturated rings. The van der Waals surface area contributed by atoms with E-state index in [1.54, 1.807) is 12.1 Å². The van der Waals surface area contributed by atoms with Crippen LogP contribution < -0.4 is 5.32 Å². The summed E-state index contributed by atoms with van der Waals surface area (Å²) in [6.07, 6.45) is 0. The molecule has 19 heavy (non-hydrogen) atoms. The fourth-order valence-electron chi connectivity index (χ4n) is 1.61. The summed E-state index contributed by atoms with van der Waals surface area (Å²) in [6.45, 7) is 1.81. The van der Waals surface area contributed by atoms with Crippen molar-refractivity contribution in [2.24, 2.45) is 0 Å². The van der Waals surface area contributed by atoms with Crippen LogP contribution in [-0.4, -0.2) is 11.0 Å². The van der Waals surface area contributed by atoms with Crippen molar-refractivity contribution in [3.8, 4) is 5.75 Å². The monoisotopic (exact) mass is 323 g/mol. The number of carbonyl (C=O) groups excluding carboxylic acids is 1. The number of phenols is 1. The van der Waals surface area contributed by atoms with Gasteiger partial charge >= 0.3 is 0 Å². The predicted molar refractivity (Wildman–Crippen MR) is 74.9 cm³/mol. The minimum Gasteiger partial charge on any atom is -0.507 e. The molecule has 5 heteroatoms. The lowest BCUT2D eigenvalue weighted by Gasteiger charge is -2.09. The third-order valence-corrected chi connectivity index (χ3v) is 3.26. The minimum atomic E-state index is -0.493. The van der Waals surface area contributed by atoms with E-state index in [1.165, 1.54) is 24.3 Å². The Morgan fingerprint density at radius 2 is 2.00 bits per heavy atom. The molecule has 98 valence electrons. The van der Waals surface area contributed by atoms with Gasteiger partial charge in [-0.15, -0.1) is 0 Å². The van der Waals surface area contributed by atoms with Gasteiger partial charge in [0.1, 0.15) is 11.6 Å². The van der Waals surface area contributed by atoms with Gasteiger partial charge in [0.2, 0.25) is 0 Å². The molecule has 0 saturated carbocycles. The number of benzene rings is 2. The number of anilines is 1. The van der Waals surface area contributed by atoms with Crippen LogP contribution in [0.5, 0.6) is 5.75 Å².